The van der Waals surface area contributed by atoms with Crippen molar-refractivity contribution in [1.29, 1.82) is 0 Å². The molecule has 1 heterocycles. The molecule has 0 aliphatic carbocycles. The molecule has 0 bridgehead atoms. The highest BCUT2D eigenvalue weighted by atomic mass is 32.2. The van der Waals surface area contributed by atoms with E-state index in [0.717, 1.165) is 10.7 Å². The van der Waals surface area contributed by atoms with E-state index in [9.17, 15) is 22.0 Å². The first-order valence-electron chi connectivity index (χ1n) is 6.49. The summed E-state index contributed by atoms with van der Waals surface area (Å²) in [6, 6.07) is 0.799. The lowest BCUT2D eigenvalue weighted by molar-refractivity contribution is 0.0696. The second kappa shape index (κ2) is 5.69. The van der Waals surface area contributed by atoms with Gasteiger partial charge in [0, 0.05) is 12.6 Å². The summed E-state index contributed by atoms with van der Waals surface area (Å²) in [4.78, 5) is 9.96. The lowest BCUT2D eigenvalue weighted by Gasteiger charge is -2.32. The van der Waals surface area contributed by atoms with Crippen molar-refractivity contribution in [2.75, 3.05) is 6.54 Å². The fraction of sp³-hybridized carbons (Fsp3) is 0.462. The summed E-state index contributed by atoms with van der Waals surface area (Å²) in [5, 5.41) is 8.86. The number of carbonyl (C=O) groups is 1. The molecule has 1 N–H and O–H groups in total. The molecule has 0 spiro atoms. The summed E-state index contributed by atoms with van der Waals surface area (Å²) >= 11 is 0. The van der Waals surface area contributed by atoms with Crippen LogP contribution in [0, 0.1) is 11.6 Å². The summed E-state index contributed by atoms with van der Waals surface area (Å²) in [5.41, 5.74) is -0.600. The molecule has 8 heteroatoms. The maximum atomic E-state index is 13.8. The summed E-state index contributed by atoms with van der Waals surface area (Å²) in [6.07, 6.45) is 2.12. The largest absolute Gasteiger partial charge is 0.478 e. The van der Waals surface area contributed by atoms with Crippen LogP contribution in [0.2, 0.25) is 0 Å². The van der Waals surface area contributed by atoms with Crippen molar-refractivity contribution in [3.05, 3.63) is 29.3 Å². The monoisotopic (exact) mass is 319 g/mol. The first kappa shape index (κ1) is 15.8. The maximum absolute atomic E-state index is 13.8. The van der Waals surface area contributed by atoms with Gasteiger partial charge in [-0.05, 0) is 31.9 Å². The van der Waals surface area contributed by atoms with Gasteiger partial charge in [0.25, 0.3) is 0 Å². The van der Waals surface area contributed by atoms with E-state index < -0.39 is 38.1 Å². The molecule has 0 amide bonds. The Labute approximate surface area is 121 Å². The van der Waals surface area contributed by atoms with Crippen LogP contribution in [-0.4, -0.2) is 36.4 Å². The quantitative estimate of drug-likeness (QED) is 0.927. The van der Waals surface area contributed by atoms with Crippen LogP contribution in [0.25, 0.3) is 0 Å². The number of halogens is 2. The fourth-order valence-corrected chi connectivity index (χ4v) is 4.23. The zero-order valence-electron chi connectivity index (χ0n) is 11.3. The van der Waals surface area contributed by atoms with Crippen LogP contribution in [0.15, 0.2) is 17.0 Å². The third-order valence-electron chi connectivity index (χ3n) is 3.57. The lowest BCUT2D eigenvalue weighted by Crippen LogP contribution is -2.42. The molecule has 0 radical (unpaired) electrons. The SMILES string of the molecule is CC1CCCCN1S(=O)(=O)c1cc(C(=O)O)cc(F)c1F. The topological polar surface area (TPSA) is 74.7 Å². The van der Waals surface area contributed by atoms with Gasteiger partial charge in [0.1, 0.15) is 4.90 Å². The van der Waals surface area contributed by atoms with E-state index in [1.54, 1.807) is 6.92 Å². The number of carboxylic acids is 1. The summed E-state index contributed by atoms with van der Waals surface area (Å²) in [7, 11) is -4.27. The Morgan fingerprint density at radius 3 is 2.57 bits per heavy atom. The summed E-state index contributed by atoms with van der Waals surface area (Å²) in [5.74, 6) is -4.55. The van der Waals surface area contributed by atoms with Crippen molar-refractivity contribution < 1.29 is 27.1 Å². The molecule has 21 heavy (non-hydrogen) atoms. The molecular weight excluding hydrogens is 304 g/mol. The molecule has 1 saturated heterocycles. The Morgan fingerprint density at radius 1 is 1.33 bits per heavy atom. The third kappa shape index (κ3) is 2.91. The van der Waals surface area contributed by atoms with Gasteiger partial charge in [-0.25, -0.2) is 22.0 Å². The van der Waals surface area contributed by atoms with E-state index in [1.807, 2.05) is 0 Å². The molecule has 1 aliphatic rings. The standard InChI is InChI=1S/C13H15F2NO4S/c1-8-4-2-3-5-16(8)21(19,20)11-7-9(13(17)18)6-10(14)12(11)15/h6-8H,2-5H2,1H3,(H,17,18). The minimum Gasteiger partial charge on any atom is -0.478 e. The van der Waals surface area contributed by atoms with Crippen LogP contribution < -0.4 is 0 Å². The predicted octanol–water partition coefficient (Wildman–Crippen LogP) is 2.23. The fourth-order valence-electron chi connectivity index (χ4n) is 2.43. The maximum Gasteiger partial charge on any atom is 0.335 e. The number of hydrogen-bond acceptors (Lipinski definition) is 3. The van der Waals surface area contributed by atoms with Crippen LogP contribution in [0.3, 0.4) is 0 Å². The van der Waals surface area contributed by atoms with Crippen LogP contribution in [0.4, 0.5) is 8.78 Å². The van der Waals surface area contributed by atoms with E-state index in [-0.39, 0.29) is 12.6 Å². The highest BCUT2D eigenvalue weighted by molar-refractivity contribution is 7.89. The number of sulfonamides is 1. The summed E-state index contributed by atoms with van der Waals surface area (Å²) < 4.78 is 53.4. The molecule has 2 rings (SSSR count). The Morgan fingerprint density at radius 2 is 2.00 bits per heavy atom. The van der Waals surface area contributed by atoms with Gasteiger partial charge in [-0.1, -0.05) is 6.42 Å². The van der Waals surface area contributed by atoms with Gasteiger partial charge in [0.05, 0.1) is 5.56 Å². The molecule has 0 saturated carbocycles. The average molecular weight is 319 g/mol. The number of nitrogens with zero attached hydrogens (tertiary/aromatic N) is 1. The molecule has 5 nitrogen and oxygen atoms in total. The molecule has 1 aromatic carbocycles. The molecule has 1 aliphatic heterocycles. The number of hydrogen-bond donors (Lipinski definition) is 1. The van der Waals surface area contributed by atoms with Crippen molar-refractivity contribution in [2.45, 2.75) is 37.1 Å². The van der Waals surface area contributed by atoms with Crippen LogP contribution in [0.5, 0.6) is 0 Å². The first-order valence-corrected chi connectivity index (χ1v) is 7.93. The minimum atomic E-state index is -4.27. The Bertz CT molecular complexity index is 675. The molecule has 1 atom stereocenters. The zero-order valence-corrected chi connectivity index (χ0v) is 12.2. The van der Waals surface area contributed by atoms with Crippen molar-refractivity contribution in [3.8, 4) is 0 Å². The molecule has 1 fully saturated rings. The average Bonchev–Trinajstić information content (AvgIpc) is 2.41. The van der Waals surface area contributed by atoms with Crippen LogP contribution in [0.1, 0.15) is 36.5 Å². The highest BCUT2D eigenvalue weighted by Crippen LogP contribution is 2.28. The van der Waals surface area contributed by atoms with Crippen molar-refractivity contribution in [1.82, 2.24) is 4.31 Å². The zero-order chi connectivity index (χ0) is 15.8. The Kier molecular flexibility index (Phi) is 4.29. The van der Waals surface area contributed by atoms with Gasteiger partial charge < -0.3 is 5.11 Å². The predicted molar refractivity (Wildman–Crippen MR) is 70.5 cm³/mol. The molecule has 1 aromatic rings. The normalized spacial score (nSPS) is 20.4. The smallest absolute Gasteiger partial charge is 0.335 e. The number of benzene rings is 1. The van der Waals surface area contributed by atoms with Crippen LogP contribution in [-0.2, 0) is 10.0 Å². The van der Waals surface area contributed by atoms with Gasteiger partial charge in [-0.2, -0.15) is 4.31 Å². The first-order chi connectivity index (χ1) is 9.75. The van der Waals surface area contributed by atoms with Gasteiger partial charge in [0.2, 0.25) is 10.0 Å². The van der Waals surface area contributed by atoms with Gasteiger partial charge in [-0.15, -0.1) is 0 Å². The molecular formula is C13H15F2NO4S. The van der Waals surface area contributed by atoms with Crippen molar-refractivity contribution >= 4 is 16.0 Å². The van der Waals surface area contributed by atoms with E-state index in [0.29, 0.717) is 25.0 Å². The van der Waals surface area contributed by atoms with Gasteiger partial charge in [0.15, 0.2) is 11.6 Å². The number of piperidine rings is 1. The number of aromatic carboxylic acids is 1. The van der Waals surface area contributed by atoms with Crippen molar-refractivity contribution in [3.63, 3.8) is 0 Å². The number of rotatable bonds is 3. The van der Waals surface area contributed by atoms with E-state index >= 15 is 0 Å². The van der Waals surface area contributed by atoms with E-state index in [2.05, 4.69) is 0 Å². The van der Waals surface area contributed by atoms with E-state index in [4.69, 9.17) is 5.11 Å². The third-order valence-corrected chi connectivity index (χ3v) is 5.58. The second-order valence-corrected chi connectivity index (χ2v) is 6.89. The highest BCUT2D eigenvalue weighted by Gasteiger charge is 2.34. The van der Waals surface area contributed by atoms with Gasteiger partial charge >= 0.3 is 5.97 Å². The van der Waals surface area contributed by atoms with Crippen molar-refractivity contribution in [2.24, 2.45) is 0 Å². The van der Waals surface area contributed by atoms with E-state index in [1.165, 1.54) is 0 Å². The summed E-state index contributed by atoms with van der Waals surface area (Å²) in [6.45, 7) is 1.90. The minimum absolute atomic E-state index is 0.210. The second-order valence-electron chi connectivity index (χ2n) is 5.04. The lowest BCUT2D eigenvalue weighted by atomic mass is 10.1. The molecule has 1 unspecified atom stereocenters. The van der Waals surface area contributed by atoms with Crippen LogP contribution >= 0.6 is 0 Å². The molecule has 0 aromatic heterocycles. The Hall–Kier alpha value is -1.54. The van der Waals surface area contributed by atoms with Gasteiger partial charge in [-0.3, -0.25) is 0 Å². The Balaban J connectivity index is 2.56. The molecule has 116 valence electrons. The number of carboxylic acid groups (broad SMARTS) is 1.